The molecule has 0 spiro atoms. The fourth-order valence-electron chi connectivity index (χ4n) is 4.36. The molecule has 6 aromatic carbocycles. The van der Waals surface area contributed by atoms with Crippen LogP contribution in [0.1, 0.15) is 0 Å². The van der Waals surface area contributed by atoms with E-state index in [1.54, 1.807) is 0 Å². The van der Waals surface area contributed by atoms with Gasteiger partial charge >= 0.3 is 0 Å². The van der Waals surface area contributed by atoms with Gasteiger partial charge in [-0.05, 0) is 47.7 Å². The Labute approximate surface area is 258 Å². The van der Waals surface area contributed by atoms with E-state index in [1.165, 1.54) is 31.8 Å². The molecule has 0 radical (unpaired) electrons. The van der Waals surface area contributed by atoms with E-state index in [2.05, 4.69) is 195 Å². The van der Waals surface area contributed by atoms with Crippen molar-refractivity contribution in [3.8, 4) is 0 Å². The van der Waals surface area contributed by atoms with Gasteiger partial charge in [0.15, 0.2) is 0 Å². The average Bonchev–Trinajstić information content (AvgIpc) is 3.06. The van der Waals surface area contributed by atoms with Crippen LogP contribution >= 0.6 is 15.8 Å². The van der Waals surface area contributed by atoms with Gasteiger partial charge in [-0.2, -0.15) is 0 Å². The smallest absolute Gasteiger partial charge is 0 e. The fourth-order valence-corrected chi connectivity index (χ4v) is 8.97. The first-order valence-corrected chi connectivity index (χ1v) is 16.0. The van der Waals surface area contributed by atoms with E-state index in [9.17, 15) is 0 Å². The SMILES string of the molecule is C=C.[Ni].c1ccc(P(c2ccccc2)c2ccccc2)cc1.c1ccc(P(c2ccccc2)c2ccccc2)cc1. The molecule has 0 aromatic heterocycles. The van der Waals surface area contributed by atoms with Gasteiger partial charge in [0.2, 0.25) is 0 Å². The maximum absolute atomic E-state index is 3.00. The standard InChI is InChI=1S/2C18H15P.C2H4.Ni/c2*1-4-10-16(11-5-1)19(17-12-6-2-7-13-17)18-14-8-3-9-15-18;1-2;/h2*1-15H;1-2H2;. The van der Waals surface area contributed by atoms with E-state index >= 15 is 0 Å². The second-order valence-corrected chi connectivity index (χ2v) is 13.1. The van der Waals surface area contributed by atoms with Crippen molar-refractivity contribution in [1.29, 1.82) is 0 Å². The summed E-state index contributed by atoms with van der Waals surface area (Å²) in [6.07, 6.45) is 0. The van der Waals surface area contributed by atoms with Crippen LogP contribution in [0.4, 0.5) is 0 Å². The van der Waals surface area contributed by atoms with E-state index in [1.807, 2.05) is 0 Å². The summed E-state index contributed by atoms with van der Waals surface area (Å²) in [5, 5.41) is 8.39. The molecule has 0 saturated carbocycles. The summed E-state index contributed by atoms with van der Waals surface area (Å²) in [5.41, 5.74) is 0. The quantitative estimate of drug-likeness (QED) is 0.103. The maximum atomic E-state index is 3.00. The number of benzene rings is 6. The van der Waals surface area contributed by atoms with Crippen molar-refractivity contribution in [2.75, 3.05) is 0 Å². The molecule has 0 saturated heterocycles. The Morgan fingerprint density at radius 1 is 0.244 bits per heavy atom. The van der Waals surface area contributed by atoms with Gasteiger partial charge in [0.05, 0.1) is 0 Å². The summed E-state index contributed by atoms with van der Waals surface area (Å²) in [6.45, 7) is 6.00. The van der Waals surface area contributed by atoms with Crippen LogP contribution in [0, 0.1) is 0 Å². The zero-order chi connectivity index (χ0) is 27.8. The minimum atomic E-state index is -0.446. The molecule has 3 heteroatoms. The van der Waals surface area contributed by atoms with Crippen molar-refractivity contribution < 1.29 is 16.5 Å². The Balaban J connectivity index is 0.000000208. The summed E-state index contributed by atoms with van der Waals surface area (Å²) in [7, 11) is -0.892. The molecule has 0 aliphatic heterocycles. The Kier molecular flexibility index (Phi) is 14.0. The van der Waals surface area contributed by atoms with Crippen LogP contribution in [-0.4, -0.2) is 0 Å². The topological polar surface area (TPSA) is 0 Å². The van der Waals surface area contributed by atoms with Gasteiger partial charge < -0.3 is 0 Å². The van der Waals surface area contributed by atoms with E-state index in [-0.39, 0.29) is 16.5 Å². The third kappa shape index (κ3) is 9.21. The Bertz CT molecular complexity index is 1190. The first kappa shape index (κ1) is 31.9. The van der Waals surface area contributed by atoms with Crippen molar-refractivity contribution in [3.63, 3.8) is 0 Å². The second kappa shape index (κ2) is 18.0. The van der Waals surface area contributed by atoms with Crippen LogP contribution in [0.3, 0.4) is 0 Å². The Morgan fingerprint density at radius 2 is 0.366 bits per heavy atom. The summed E-state index contributed by atoms with van der Waals surface area (Å²) >= 11 is 0. The molecule has 0 atom stereocenters. The van der Waals surface area contributed by atoms with Crippen molar-refractivity contribution in [3.05, 3.63) is 195 Å². The molecule has 0 unspecified atom stereocenters. The molecule has 0 heterocycles. The predicted molar refractivity (Wildman–Crippen MR) is 182 cm³/mol. The molecular formula is C38H34NiP2. The van der Waals surface area contributed by atoms with E-state index in [4.69, 9.17) is 0 Å². The number of rotatable bonds is 6. The largest absolute Gasteiger partial charge is 0.106 e. The van der Waals surface area contributed by atoms with Crippen LogP contribution in [-0.2, 0) is 16.5 Å². The number of hydrogen-bond acceptors (Lipinski definition) is 0. The van der Waals surface area contributed by atoms with Gasteiger partial charge in [-0.3, -0.25) is 0 Å². The van der Waals surface area contributed by atoms with Crippen LogP contribution < -0.4 is 31.8 Å². The molecule has 0 aliphatic rings. The molecule has 0 N–H and O–H groups in total. The maximum Gasteiger partial charge on any atom is 0 e. The van der Waals surface area contributed by atoms with Crippen LogP contribution in [0.2, 0.25) is 0 Å². The molecule has 0 bridgehead atoms. The Hall–Kier alpha value is -3.59. The van der Waals surface area contributed by atoms with Gasteiger partial charge in [0.1, 0.15) is 0 Å². The predicted octanol–water partition coefficient (Wildman–Crippen LogP) is 7.69. The zero-order valence-electron chi connectivity index (χ0n) is 22.9. The molecule has 0 amide bonds. The summed E-state index contributed by atoms with van der Waals surface area (Å²) in [4.78, 5) is 0. The van der Waals surface area contributed by atoms with E-state index < -0.39 is 15.8 Å². The van der Waals surface area contributed by atoms with Crippen molar-refractivity contribution in [2.45, 2.75) is 0 Å². The van der Waals surface area contributed by atoms with Crippen molar-refractivity contribution in [1.82, 2.24) is 0 Å². The van der Waals surface area contributed by atoms with E-state index in [0.29, 0.717) is 0 Å². The molecular weight excluding hydrogens is 577 g/mol. The molecule has 0 aliphatic carbocycles. The van der Waals surface area contributed by atoms with Gasteiger partial charge in [-0.1, -0.05) is 182 Å². The molecule has 6 aromatic rings. The van der Waals surface area contributed by atoms with Crippen LogP contribution in [0.15, 0.2) is 195 Å². The molecule has 206 valence electrons. The zero-order valence-corrected chi connectivity index (χ0v) is 25.7. The molecule has 0 fully saturated rings. The molecule has 41 heavy (non-hydrogen) atoms. The van der Waals surface area contributed by atoms with Gasteiger partial charge in [0, 0.05) is 16.5 Å². The minimum Gasteiger partial charge on any atom is -0.106 e. The second-order valence-electron chi connectivity index (χ2n) is 8.68. The van der Waals surface area contributed by atoms with Crippen LogP contribution in [0.25, 0.3) is 0 Å². The van der Waals surface area contributed by atoms with Gasteiger partial charge in [-0.25, -0.2) is 0 Å². The summed E-state index contributed by atoms with van der Waals surface area (Å²) in [5.74, 6) is 0. The normalized spacial score (nSPS) is 9.90. The third-order valence-electron chi connectivity index (χ3n) is 6.09. The van der Waals surface area contributed by atoms with Crippen molar-refractivity contribution in [2.24, 2.45) is 0 Å². The monoisotopic (exact) mass is 610 g/mol. The van der Waals surface area contributed by atoms with Gasteiger partial charge in [0.25, 0.3) is 0 Å². The van der Waals surface area contributed by atoms with E-state index in [0.717, 1.165) is 0 Å². The summed E-state index contributed by atoms with van der Waals surface area (Å²) < 4.78 is 0. The Morgan fingerprint density at radius 3 is 0.488 bits per heavy atom. The molecule has 0 nitrogen and oxygen atoms in total. The molecule has 6 rings (SSSR count). The van der Waals surface area contributed by atoms with Crippen molar-refractivity contribution >= 4 is 47.7 Å². The van der Waals surface area contributed by atoms with Crippen LogP contribution in [0.5, 0.6) is 0 Å². The first-order chi connectivity index (χ1) is 19.9. The minimum absolute atomic E-state index is 0. The third-order valence-corrected chi connectivity index (χ3v) is 11.0. The van der Waals surface area contributed by atoms with Gasteiger partial charge in [-0.15, -0.1) is 13.2 Å². The average molecular weight is 611 g/mol. The fraction of sp³-hybridized carbons (Fsp3) is 0. The number of hydrogen-bond donors (Lipinski definition) is 0. The first-order valence-electron chi connectivity index (χ1n) is 13.3. The summed E-state index contributed by atoms with van der Waals surface area (Å²) in [6, 6.07) is 64.7.